The van der Waals surface area contributed by atoms with Crippen LogP contribution in [0.15, 0.2) is 86.6 Å². The molecule has 2 aliphatic heterocycles. The first-order valence-electron chi connectivity index (χ1n) is 22.7. The molecule has 3 aliphatic rings. The lowest BCUT2D eigenvalue weighted by molar-refractivity contribution is 0.0986. The molecule has 0 fully saturated rings. The van der Waals surface area contributed by atoms with Crippen LogP contribution in [0.1, 0.15) is 166 Å². The molecule has 9 nitrogen and oxygen atoms in total. The molecule has 1 N–H and O–H groups in total. The Morgan fingerprint density at radius 3 is 1.87 bits per heavy atom. The monoisotopic (exact) mass is 852 g/mol. The fraction of sp³-hybridized carbons (Fsp3) is 0.434. The number of aromatic nitrogens is 2. The van der Waals surface area contributed by atoms with E-state index >= 15 is 0 Å². The predicted molar refractivity (Wildman–Crippen MR) is 266 cm³/mol. The van der Waals surface area contributed by atoms with E-state index in [4.69, 9.17) is 8.83 Å². The summed E-state index contributed by atoms with van der Waals surface area (Å²) in [6.45, 7) is 33.9. The Morgan fingerprint density at radius 2 is 1.31 bits per heavy atom. The quantitative estimate of drug-likeness (QED) is 0.106. The number of fused-ring (bicyclic) bond motifs is 10. The van der Waals surface area contributed by atoms with Crippen LogP contribution in [0.3, 0.4) is 0 Å². The van der Waals surface area contributed by atoms with Crippen molar-refractivity contribution in [2.24, 2.45) is 0 Å². The molecule has 0 spiro atoms. The van der Waals surface area contributed by atoms with E-state index < -0.39 is 0 Å². The number of Topliss-reactive ketones (excluding diaryl/α,β-unsaturated/α-hetero) is 1. The van der Waals surface area contributed by atoms with Crippen LogP contribution in [0.25, 0.3) is 45.0 Å². The summed E-state index contributed by atoms with van der Waals surface area (Å²) in [6, 6.07) is 9.20. The molecule has 4 aromatic heterocycles. The molecule has 9 heteroatoms. The molecule has 0 radical (unpaired) electrons. The highest BCUT2D eigenvalue weighted by molar-refractivity contribution is 5.97. The van der Waals surface area contributed by atoms with Crippen molar-refractivity contribution in [3.8, 4) is 22.9 Å². The zero-order chi connectivity index (χ0) is 47.1. The average molecular weight is 852 g/mol. The van der Waals surface area contributed by atoms with Crippen molar-refractivity contribution in [3.05, 3.63) is 128 Å². The molecular weight excluding hydrogens is 775 g/mol. The van der Waals surface area contributed by atoms with Gasteiger partial charge in [-0.1, -0.05) is 113 Å². The maximum Gasteiger partial charge on any atom is 0.193 e. The molecule has 6 heterocycles. The van der Waals surface area contributed by atoms with Crippen LogP contribution in [0.2, 0.25) is 0 Å². The van der Waals surface area contributed by atoms with E-state index in [9.17, 15) is 19.2 Å². The maximum atomic E-state index is 12.5. The van der Waals surface area contributed by atoms with Gasteiger partial charge in [0.15, 0.2) is 34.4 Å². The Balaban J connectivity index is 0.000000953. The van der Waals surface area contributed by atoms with Crippen molar-refractivity contribution >= 4 is 34.2 Å². The van der Waals surface area contributed by atoms with Gasteiger partial charge in [0.1, 0.15) is 11.3 Å². The minimum absolute atomic E-state index is 0. The molecular formula is C53H77N3O6. The number of hydrogen-bond acceptors (Lipinski definition) is 7. The molecule has 0 saturated carbocycles. The van der Waals surface area contributed by atoms with Crippen LogP contribution >= 0.6 is 0 Å². The number of allylic oxidation sites excluding steroid dienone is 3. The molecule has 0 saturated heterocycles. The molecule has 1 aliphatic carbocycles. The number of aldehydes is 1. The number of nitrogens with one attached hydrogen (secondary N) is 1. The number of aryl methyl sites for hydroxylation is 3. The van der Waals surface area contributed by atoms with Crippen molar-refractivity contribution in [1.82, 2.24) is 14.5 Å². The van der Waals surface area contributed by atoms with Gasteiger partial charge < -0.3 is 23.3 Å². The number of pyridine rings is 2. The van der Waals surface area contributed by atoms with Gasteiger partial charge in [-0.05, 0) is 56.9 Å². The van der Waals surface area contributed by atoms with E-state index in [1.807, 2.05) is 83.0 Å². The second-order valence-corrected chi connectivity index (χ2v) is 14.0. The van der Waals surface area contributed by atoms with Crippen molar-refractivity contribution in [3.63, 3.8) is 0 Å². The van der Waals surface area contributed by atoms with Gasteiger partial charge >= 0.3 is 0 Å². The van der Waals surface area contributed by atoms with E-state index in [0.717, 1.165) is 95.1 Å². The van der Waals surface area contributed by atoms with Gasteiger partial charge in [-0.3, -0.25) is 19.2 Å². The fourth-order valence-electron chi connectivity index (χ4n) is 7.19. The summed E-state index contributed by atoms with van der Waals surface area (Å²) >= 11 is 0. The van der Waals surface area contributed by atoms with E-state index in [1.54, 1.807) is 25.4 Å². The Hall–Kier alpha value is -5.70. The molecule has 8 rings (SSSR count). The highest BCUT2D eigenvalue weighted by Gasteiger charge is 2.29. The van der Waals surface area contributed by atoms with Crippen LogP contribution < -0.4 is 16.2 Å². The van der Waals surface area contributed by atoms with Gasteiger partial charge in [0, 0.05) is 80.2 Å². The maximum absolute atomic E-state index is 12.5. The van der Waals surface area contributed by atoms with E-state index in [-0.39, 0.29) is 29.2 Å². The Bertz CT molecular complexity index is 2390. The highest BCUT2D eigenvalue weighted by Crippen LogP contribution is 2.41. The van der Waals surface area contributed by atoms with Crippen LogP contribution in [0.5, 0.6) is 0 Å². The van der Waals surface area contributed by atoms with E-state index in [2.05, 4.69) is 65.2 Å². The minimum atomic E-state index is -0.245. The number of nitrogens with zero attached hydrogens (tertiary/aromatic N) is 2. The number of rotatable bonds is 5. The van der Waals surface area contributed by atoms with Gasteiger partial charge in [0.05, 0.1) is 22.5 Å². The first-order valence-corrected chi connectivity index (χ1v) is 22.7. The summed E-state index contributed by atoms with van der Waals surface area (Å²) in [5.41, 5.74) is 9.27. The third-order valence-corrected chi connectivity index (χ3v) is 9.63. The standard InChI is InChI=1S/C22H22N2O3.C17H15NO3.2C3H8.3C2H6.C2H4.H2/c1-4-19(25)17-12-24-9-8-16-15-7-5-6-14(13(2)11-23-3)21(15)27-22(16)18(24)10-20(17)26;1-10-3-2-4-12-13-5-6-18-8-11(9-19)15(20)7-14(18)17(13)21-16(10)12;2*1-3-2;4*1-2;/h5-7,10-12,23H,4,8-9H2,1-3H3;3,7-9H,2,4-6H2,1H3;2*3H2,1-2H3;3*1-2H3;1-2H2;1H/b13-11+;;;;;;;;. The van der Waals surface area contributed by atoms with Gasteiger partial charge in [-0.25, -0.2) is 0 Å². The molecule has 5 aromatic rings. The molecule has 0 amide bonds. The van der Waals surface area contributed by atoms with Crippen LogP contribution in [0, 0.1) is 0 Å². The van der Waals surface area contributed by atoms with E-state index in [1.165, 1.54) is 35.6 Å². The summed E-state index contributed by atoms with van der Waals surface area (Å²) in [4.78, 5) is 47.4. The van der Waals surface area contributed by atoms with Crippen molar-refractivity contribution in [1.29, 1.82) is 0 Å². The number of hydrogen-bond donors (Lipinski definition) is 1. The first-order chi connectivity index (χ1) is 30.1. The fourth-order valence-corrected chi connectivity index (χ4v) is 7.19. The lowest BCUT2D eigenvalue weighted by atomic mass is 9.92. The number of carbonyl (C=O) groups is 2. The lowest BCUT2D eigenvalue weighted by Gasteiger charge is -2.19. The van der Waals surface area contributed by atoms with Crippen molar-refractivity contribution in [2.75, 3.05) is 7.05 Å². The largest absolute Gasteiger partial charge is 0.454 e. The number of benzene rings is 1. The average Bonchev–Trinajstić information content (AvgIpc) is 3.89. The van der Waals surface area contributed by atoms with Crippen LogP contribution in [-0.4, -0.2) is 28.3 Å². The molecule has 0 atom stereocenters. The molecule has 62 heavy (non-hydrogen) atoms. The molecule has 340 valence electrons. The zero-order valence-corrected chi connectivity index (χ0v) is 40.4. The summed E-state index contributed by atoms with van der Waals surface area (Å²) in [7, 11) is 1.87. The van der Waals surface area contributed by atoms with Gasteiger partial charge in [0.25, 0.3) is 0 Å². The minimum Gasteiger partial charge on any atom is -0.454 e. The molecule has 1 aromatic carbocycles. The Morgan fingerprint density at radius 1 is 0.774 bits per heavy atom. The molecule has 0 bridgehead atoms. The first kappa shape index (κ1) is 54.3. The van der Waals surface area contributed by atoms with Crippen molar-refractivity contribution < 1.29 is 19.9 Å². The lowest BCUT2D eigenvalue weighted by Crippen LogP contribution is -2.21. The third kappa shape index (κ3) is 12.5. The summed E-state index contributed by atoms with van der Waals surface area (Å²) in [5.74, 6) is 2.37. The number of carbonyl (C=O) groups excluding carboxylic acids is 2. The summed E-state index contributed by atoms with van der Waals surface area (Å²) < 4.78 is 16.3. The summed E-state index contributed by atoms with van der Waals surface area (Å²) in [5, 5.41) is 4.14. The molecule has 0 unspecified atom stereocenters. The zero-order valence-electron chi connectivity index (χ0n) is 40.4. The topological polar surface area (TPSA) is 116 Å². The third-order valence-electron chi connectivity index (χ3n) is 9.63. The normalized spacial score (nSPS) is 12.1. The number of ketones is 1. The highest BCUT2D eigenvalue weighted by atomic mass is 16.3. The van der Waals surface area contributed by atoms with Gasteiger partial charge in [0.2, 0.25) is 0 Å². The Labute approximate surface area is 373 Å². The van der Waals surface area contributed by atoms with Gasteiger partial charge in [-0.15, -0.1) is 13.2 Å². The van der Waals surface area contributed by atoms with Gasteiger partial charge in [-0.2, -0.15) is 0 Å². The second-order valence-electron chi connectivity index (χ2n) is 14.0. The van der Waals surface area contributed by atoms with Crippen molar-refractivity contribution in [2.45, 2.75) is 148 Å². The van der Waals surface area contributed by atoms with Crippen LogP contribution in [-0.2, 0) is 32.4 Å². The van der Waals surface area contributed by atoms with Crippen LogP contribution in [0.4, 0.5) is 0 Å². The SMILES string of the molecule is C=C.CC.CC.CC.CC1=CCCc2c1oc1c2CCn2cc(C=O)c(=O)cc2-1.CCC.CCC.CCC(=O)c1cn2c(cc1=O)-c1oc3c(/C(C)=C/NC)cccc3c1CC2.[HH]. The number of furan rings is 2. The summed E-state index contributed by atoms with van der Waals surface area (Å²) in [6.07, 6.45) is 14.6. The Kier molecular flexibility index (Phi) is 24.5. The predicted octanol–water partition coefficient (Wildman–Crippen LogP) is 13.8. The second kappa shape index (κ2) is 28.0. The van der Waals surface area contributed by atoms with E-state index in [0.29, 0.717) is 12.7 Å². The number of para-hydroxylation sites is 1. The smallest absolute Gasteiger partial charge is 0.193 e.